The first-order valence-corrected chi connectivity index (χ1v) is 21.8. The Hall–Kier alpha value is -7.04. The fourth-order valence-corrected chi connectivity index (χ4v) is 8.65. The van der Waals surface area contributed by atoms with E-state index in [9.17, 15) is 5.11 Å². The molecule has 4 heteroatoms. The quantitative estimate of drug-likeness (QED) is 0.174. The van der Waals surface area contributed by atoms with E-state index in [1.807, 2.05) is 141 Å². The van der Waals surface area contributed by atoms with E-state index in [0.29, 0.717) is 61.6 Å². The van der Waals surface area contributed by atoms with E-state index >= 15 is 0 Å². The van der Waals surface area contributed by atoms with Gasteiger partial charge in [0, 0.05) is 39.3 Å². The highest BCUT2D eigenvalue weighted by Gasteiger charge is 2.29. The second-order valence-corrected chi connectivity index (χ2v) is 18.9. The number of aromatic nitrogens is 3. The van der Waals surface area contributed by atoms with Gasteiger partial charge in [-0.2, -0.15) is 0 Å². The lowest BCUT2D eigenvalue weighted by Gasteiger charge is -2.27. The van der Waals surface area contributed by atoms with Gasteiger partial charge >= 0.3 is 0 Å². The molecule has 9 aromatic rings. The highest BCUT2D eigenvalue weighted by atomic mass is 16.3. The summed E-state index contributed by atoms with van der Waals surface area (Å²) in [5.41, 5.74) is 5.18. The van der Waals surface area contributed by atoms with Crippen molar-refractivity contribution in [1.29, 1.82) is 0 Å². The van der Waals surface area contributed by atoms with Crippen LogP contribution in [-0.4, -0.2) is 19.6 Å². The molecular formula is C61H59N3O. The molecule has 9 rings (SSSR count). The van der Waals surface area contributed by atoms with Crippen LogP contribution in [0.15, 0.2) is 170 Å². The summed E-state index contributed by atoms with van der Waals surface area (Å²) in [7, 11) is 0. The molecule has 0 unspecified atom stereocenters. The zero-order chi connectivity index (χ0) is 55.8. The lowest BCUT2D eigenvalue weighted by molar-refractivity contribution is 0.446. The van der Waals surface area contributed by atoms with Gasteiger partial charge in [-0.3, -0.25) is 9.55 Å². The largest absolute Gasteiger partial charge is 0.507 e. The van der Waals surface area contributed by atoms with Crippen molar-refractivity contribution in [3.63, 3.8) is 0 Å². The molecule has 7 aromatic carbocycles. The van der Waals surface area contributed by atoms with E-state index in [1.54, 1.807) is 30.3 Å². The molecule has 0 saturated heterocycles. The summed E-state index contributed by atoms with van der Waals surface area (Å²) in [6.45, 7) is -0.620. The zero-order valence-corrected chi connectivity index (χ0v) is 37.5. The summed E-state index contributed by atoms with van der Waals surface area (Å²) in [6, 6.07) is 49.4. The first-order valence-electron chi connectivity index (χ1n) is 27.8. The molecule has 65 heavy (non-hydrogen) atoms. The Balaban J connectivity index is 1.34. The van der Waals surface area contributed by atoms with Gasteiger partial charge in [0.1, 0.15) is 11.6 Å². The Morgan fingerprint density at radius 2 is 1.15 bits per heavy atom. The lowest BCUT2D eigenvalue weighted by atomic mass is 9.79. The minimum absolute atomic E-state index is 0.0229. The summed E-state index contributed by atoms with van der Waals surface area (Å²) < 4.78 is 105. The van der Waals surface area contributed by atoms with E-state index in [4.69, 9.17) is 26.4 Å². The predicted molar refractivity (Wildman–Crippen MR) is 274 cm³/mol. The number of benzene rings is 7. The highest BCUT2D eigenvalue weighted by molar-refractivity contribution is 5.98. The van der Waals surface area contributed by atoms with Crippen molar-refractivity contribution >= 4 is 11.0 Å². The Kier molecular flexibility index (Phi) is 7.86. The van der Waals surface area contributed by atoms with E-state index in [-0.39, 0.29) is 27.9 Å². The Labute approximate surface area is 402 Å². The number of phenols is 1. The third-order valence-electron chi connectivity index (χ3n) is 12.1. The van der Waals surface area contributed by atoms with Crippen LogP contribution in [-0.2, 0) is 16.2 Å². The molecule has 1 N–H and O–H groups in total. The van der Waals surface area contributed by atoms with Crippen LogP contribution in [0.3, 0.4) is 0 Å². The van der Waals surface area contributed by atoms with Crippen LogP contribution < -0.4 is 0 Å². The van der Waals surface area contributed by atoms with E-state index in [0.717, 1.165) is 27.8 Å². The van der Waals surface area contributed by atoms with Gasteiger partial charge in [0.05, 0.1) is 28.0 Å². The fourth-order valence-electron chi connectivity index (χ4n) is 8.65. The molecule has 2 aromatic heterocycles. The second-order valence-electron chi connectivity index (χ2n) is 18.9. The van der Waals surface area contributed by atoms with E-state index in [1.165, 1.54) is 24.4 Å². The van der Waals surface area contributed by atoms with Crippen LogP contribution >= 0.6 is 0 Å². The minimum atomic E-state index is -3.48. The Morgan fingerprint density at radius 3 is 1.85 bits per heavy atom. The molecule has 0 amide bonds. The molecule has 0 aliphatic carbocycles. The van der Waals surface area contributed by atoms with Crippen molar-refractivity contribution in [2.24, 2.45) is 0 Å². The van der Waals surface area contributed by atoms with Gasteiger partial charge in [-0.15, -0.1) is 0 Å². The van der Waals surface area contributed by atoms with Crippen molar-refractivity contribution in [1.82, 2.24) is 14.5 Å². The molecule has 0 atom stereocenters. The summed E-state index contributed by atoms with van der Waals surface area (Å²) >= 11 is 0. The first kappa shape index (κ1) is 30.9. The number of aromatic hydroxyl groups is 1. The number of rotatable bonds is 7. The molecule has 0 radical (unpaired) electrons. The Morgan fingerprint density at radius 1 is 0.492 bits per heavy atom. The first-order chi connectivity index (χ1) is 35.9. The van der Waals surface area contributed by atoms with Gasteiger partial charge in [0.2, 0.25) is 0 Å². The van der Waals surface area contributed by atoms with Crippen LogP contribution in [0.25, 0.3) is 83.9 Å². The molecular weight excluding hydrogens is 791 g/mol. The van der Waals surface area contributed by atoms with Crippen molar-refractivity contribution in [3.8, 4) is 78.6 Å². The monoisotopic (exact) mass is 862 g/mol. The van der Waals surface area contributed by atoms with Gasteiger partial charge in [-0.1, -0.05) is 171 Å². The summed E-state index contributed by atoms with van der Waals surface area (Å²) in [5, 5.41) is 12.5. The number of phenolic OH excluding ortho intramolecular Hbond substituents is 1. The third kappa shape index (κ3) is 8.42. The number of pyridine rings is 1. The van der Waals surface area contributed by atoms with Gasteiger partial charge in [-0.25, -0.2) is 4.98 Å². The summed E-state index contributed by atoms with van der Waals surface area (Å²) in [5.74, 6) is 0.351. The van der Waals surface area contributed by atoms with E-state index in [2.05, 4.69) is 20.8 Å². The fraction of sp³-hybridized carbons (Fsp3) is 0.213. The predicted octanol–water partition coefficient (Wildman–Crippen LogP) is 16.3. The van der Waals surface area contributed by atoms with Crippen molar-refractivity contribution < 1.29 is 21.6 Å². The molecule has 0 saturated carbocycles. The normalized spacial score (nSPS) is 15.7. The maximum Gasteiger partial charge on any atom is 0.149 e. The summed E-state index contributed by atoms with van der Waals surface area (Å²) in [4.78, 5) is 10.3. The van der Waals surface area contributed by atoms with Gasteiger partial charge < -0.3 is 5.11 Å². The average molecular weight is 862 g/mol. The summed E-state index contributed by atoms with van der Waals surface area (Å²) in [6.07, 6.45) is 1.52. The van der Waals surface area contributed by atoms with Gasteiger partial charge in [0.25, 0.3) is 0 Å². The van der Waals surface area contributed by atoms with Crippen molar-refractivity contribution in [2.45, 2.75) is 85.2 Å². The molecule has 0 spiro atoms. The number of nitrogens with zero attached hydrogens (tertiary/aromatic N) is 3. The van der Waals surface area contributed by atoms with Crippen molar-refractivity contribution in [3.05, 3.63) is 192 Å². The van der Waals surface area contributed by atoms with Crippen LogP contribution in [0.2, 0.25) is 0 Å². The molecule has 0 aliphatic heterocycles. The number of hydrogen-bond acceptors (Lipinski definition) is 3. The van der Waals surface area contributed by atoms with Gasteiger partial charge in [-0.05, 0) is 133 Å². The van der Waals surface area contributed by atoms with Crippen LogP contribution in [0.4, 0.5) is 0 Å². The van der Waals surface area contributed by atoms with Gasteiger partial charge in [0.15, 0.2) is 0 Å². The zero-order valence-electron chi connectivity index (χ0n) is 49.5. The minimum Gasteiger partial charge on any atom is -0.507 e. The van der Waals surface area contributed by atoms with Crippen LogP contribution in [0.1, 0.15) is 101 Å². The average Bonchev–Trinajstić information content (AvgIpc) is 3.97. The molecule has 0 aliphatic rings. The molecule has 0 bridgehead atoms. The second kappa shape index (κ2) is 16.5. The maximum absolute atomic E-state index is 12.5. The van der Waals surface area contributed by atoms with Crippen LogP contribution in [0, 0.1) is 6.85 Å². The number of para-hydroxylation sites is 1. The molecule has 0 fully saturated rings. The lowest BCUT2D eigenvalue weighted by Crippen LogP contribution is -2.17. The number of aryl methyl sites for hydroxylation is 1. The third-order valence-corrected chi connectivity index (χ3v) is 12.1. The van der Waals surface area contributed by atoms with Crippen molar-refractivity contribution in [2.75, 3.05) is 0 Å². The topological polar surface area (TPSA) is 50.9 Å². The maximum atomic E-state index is 12.5. The number of imidazole rings is 1. The molecule has 2 heterocycles. The van der Waals surface area contributed by atoms with Crippen LogP contribution in [0.5, 0.6) is 5.75 Å². The Bertz CT molecular complexity index is 3640. The molecule has 324 valence electrons. The smallest absolute Gasteiger partial charge is 0.149 e. The SMILES string of the molecule is [2H]C([2H])([2H])c1cc(-c2ccccc2)ccc1-n1c(-c2cc(C(C)(C)C)cc(C(C)(C)C)c2O)nc2c(-c3cc(-c4ccccc4)cc(-c4cc(-c5ccccc5C(C([2H])([2H])[2H])(C([2H])([2H])[2H])C([2H])([2H])[2H])ccn4)c3)cccc21. The molecule has 4 nitrogen and oxygen atoms in total. The number of fused-ring (bicyclic) bond motifs is 1. The van der Waals surface area contributed by atoms with E-state index < -0.39 is 38.2 Å². The standard InChI is InChI=1S/C61H59N3O/c1-39-32-42(40-20-13-11-14-21-40)28-29-54(39)64-55-27-19-25-49(56(55)63-58(64)50-37-47(59(2,3)4)38-52(57(50)65)61(8,9)10)45-33-44(41-22-15-12-16-23-41)34-46(35-45)53-36-43(30-31-62-53)48-24-17-18-26-51(48)60(5,6)7/h11-38,65H,1-10H3/i1D3,5D3,6D3,7D3. The highest BCUT2D eigenvalue weighted by Crippen LogP contribution is 2.45. The number of hydrogen-bond donors (Lipinski definition) is 1.